The first-order chi connectivity index (χ1) is 13.0. The maximum Gasteiger partial charge on any atom is 0.419 e. The first kappa shape index (κ1) is 20.2. The van der Waals surface area contributed by atoms with Crippen molar-refractivity contribution in [3.05, 3.63) is 28.0 Å². The molecule has 3 rings (SSSR count). The van der Waals surface area contributed by atoms with Gasteiger partial charge in [-0.2, -0.15) is 0 Å². The monoisotopic (exact) mass is 460 g/mol. The number of nitrogens with zero attached hydrogens (tertiary/aromatic N) is 2. The third kappa shape index (κ3) is 3.98. The van der Waals surface area contributed by atoms with Gasteiger partial charge >= 0.3 is 18.3 Å². The van der Waals surface area contributed by atoms with Crippen molar-refractivity contribution in [2.24, 2.45) is 0 Å². The van der Waals surface area contributed by atoms with Gasteiger partial charge < -0.3 is 19.3 Å². The van der Waals surface area contributed by atoms with Gasteiger partial charge in [0.1, 0.15) is 17.2 Å². The van der Waals surface area contributed by atoms with Crippen molar-refractivity contribution in [2.75, 3.05) is 6.54 Å². The predicted octanol–water partition coefficient (Wildman–Crippen LogP) is 3.54. The number of carbonyl (C=O) groups excluding carboxylic acids is 2. The van der Waals surface area contributed by atoms with Gasteiger partial charge in [-0.1, -0.05) is 0 Å². The molecule has 9 nitrogen and oxygen atoms in total. The van der Waals surface area contributed by atoms with E-state index in [0.29, 0.717) is 5.56 Å². The number of hydrogen-bond donors (Lipinski definition) is 1. The molecule has 0 saturated carbocycles. The molecule has 2 aliphatic rings. The largest absolute Gasteiger partial charge is 0.466 e. The van der Waals surface area contributed by atoms with Crippen molar-refractivity contribution < 1.29 is 38.1 Å². The number of halogens is 2. The lowest BCUT2D eigenvalue weighted by atomic mass is 10.1. The van der Waals surface area contributed by atoms with E-state index in [4.69, 9.17) is 14.2 Å². The van der Waals surface area contributed by atoms with Crippen LogP contribution in [0.15, 0.2) is 16.6 Å². The Morgan fingerprint density at radius 1 is 1.32 bits per heavy atom. The number of carbonyl (C=O) groups is 3. The first-order valence-corrected chi connectivity index (χ1v) is 9.11. The highest BCUT2D eigenvalue weighted by Crippen LogP contribution is 2.35. The Bertz CT molecular complexity index is 842. The number of rotatable bonds is 1. The molecule has 0 spiro atoms. The van der Waals surface area contributed by atoms with Crippen LogP contribution in [0, 0.1) is 5.82 Å². The van der Waals surface area contributed by atoms with Gasteiger partial charge in [0.05, 0.1) is 17.6 Å². The van der Waals surface area contributed by atoms with Gasteiger partial charge in [-0.15, -0.1) is 0 Å². The number of cyclic esters (lactones) is 1. The summed E-state index contributed by atoms with van der Waals surface area (Å²) in [6.45, 7) is 4.56. The maximum atomic E-state index is 13.8. The molecule has 152 valence electrons. The van der Waals surface area contributed by atoms with Gasteiger partial charge in [0.25, 0.3) is 0 Å². The molecule has 1 saturated heterocycles. The Labute approximate surface area is 168 Å². The second-order valence-corrected chi connectivity index (χ2v) is 8.16. The molecule has 2 aliphatic heterocycles. The highest BCUT2D eigenvalue weighted by molar-refractivity contribution is 9.10. The molecular formula is C17H18BrFN2O7. The molecule has 3 amide bonds. The zero-order valence-corrected chi connectivity index (χ0v) is 16.9. The molecule has 0 bridgehead atoms. The molecule has 0 aliphatic carbocycles. The second-order valence-electron chi connectivity index (χ2n) is 7.31. The van der Waals surface area contributed by atoms with Crippen LogP contribution in [0.5, 0.6) is 5.75 Å². The van der Waals surface area contributed by atoms with Gasteiger partial charge in [0.15, 0.2) is 6.10 Å². The fourth-order valence-electron chi connectivity index (χ4n) is 2.82. The van der Waals surface area contributed by atoms with E-state index in [1.807, 2.05) is 0 Å². The Morgan fingerprint density at radius 3 is 2.61 bits per heavy atom. The molecule has 1 aromatic carbocycles. The lowest BCUT2D eigenvalue weighted by molar-refractivity contribution is -0.0581. The fourth-order valence-corrected chi connectivity index (χ4v) is 3.21. The van der Waals surface area contributed by atoms with E-state index in [0.717, 1.165) is 15.9 Å². The number of benzene rings is 1. The molecular weight excluding hydrogens is 443 g/mol. The standard InChI is InChI=1S/C17H18BrFN2O7/c1-17(2,3)28-16(25)21-7-12(27-15(21)24)13-20(14(22)23)6-8-4-9(18)10(19)5-11(8)26-13/h4-5,12-13H,6-7H2,1-3H3,(H,22,23)/t12-,13-/m0/s1. The van der Waals surface area contributed by atoms with Gasteiger partial charge in [-0.05, 0) is 42.8 Å². The van der Waals surface area contributed by atoms with E-state index in [1.165, 1.54) is 6.07 Å². The summed E-state index contributed by atoms with van der Waals surface area (Å²) in [5.41, 5.74) is -0.381. The van der Waals surface area contributed by atoms with Crippen molar-refractivity contribution in [1.82, 2.24) is 9.80 Å². The summed E-state index contributed by atoms with van der Waals surface area (Å²) in [5.74, 6) is -0.449. The Morgan fingerprint density at radius 2 is 2.00 bits per heavy atom. The molecule has 2 heterocycles. The van der Waals surface area contributed by atoms with Crippen LogP contribution in [0.1, 0.15) is 26.3 Å². The van der Waals surface area contributed by atoms with Crippen LogP contribution in [0.2, 0.25) is 0 Å². The van der Waals surface area contributed by atoms with E-state index in [-0.39, 0.29) is 23.3 Å². The summed E-state index contributed by atoms with van der Waals surface area (Å²) in [6, 6.07) is 2.54. The van der Waals surface area contributed by atoms with Crippen LogP contribution in [0.3, 0.4) is 0 Å². The van der Waals surface area contributed by atoms with E-state index in [1.54, 1.807) is 20.8 Å². The number of carboxylic acid groups (broad SMARTS) is 1. The van der Waals surface area contributed by atoms with E-state index < -0.39 is 42.0 Å². The number of imide groups is 1. The number of ether oxygens (including phenoxy) is 3. The molecule has 2 atom stereocenters. The zero-order valence-electron chi connectivity index (χ0n) is 15.3. The summed E-state index contributed by atoms with van der Waals surface area (Å²) < 4.78 is 29.9. The van der Waals surface area contributed by atoms with Crippen LogP contribution in [-0.4, -0.2) is 57.7 Å². The highest BCUT2D eigenvalue weighted by atomic mass is 79.9. The van der Waals surface area contributed by atoms with Crippen LogP contribution in [0.4, 0.5) is 18.8 Å². The van der Waals surface area contributed by atoms with Crippen molar-refractivity contribution in [3.63, 3.8) is 0 Å². The minimum absolute atomic E-state index is 0.102. The topological polar surface area (TPSA) is 106 Å². The number of hydrogen-bond acceptors (Lipinski definition) is 6. The third-order valence-corrected chi connectivity index (χ3v) is 4.62. The van der Waals surface area contributed by atoms with Gasteiger partial charge in [0.2, 0.25) is 6.23 Å². The summed E-state index contributed by atoms with van der Waals surface area (Å²) in [6.07, 6.45) is -5.55. The second kappa shape index (κ2) is 7.12. The third-order valence-electron chi connectivity index (χ3n) is 4.01. The molecule has 1 aromatic rings. The van der Waals surface area contributed by atoms with E-state index in [9.17, 15) is 23.9 Å². The molecule has 11 heteroatoms. The zero-order chi connectivity index (χ0) is 20.8. The van der Waals surface area contributed by atoms with Crippen molar-refractivity contribution >= 4 is 34.2 Å². The van der Waals surface area contributed by atoms with E-state index >= 15 is 0 Å². The van der Waals surface area contributed by atoms with Crippen molar-refractivity contribution in [3.8, 4) is 5.75 Å². The number of fused-ring (bicyclic) bond motifs is 1. The number of amides is 3. The smallest absolute Gasteiger partial charge is 0.419 e. The average molecular weight is 461 g/mol. The van der Waals surface area contributed by atoms with Crippen LogP contribution < -0.4 is 4.74 Å². The van der Waals surface area contributed by atoms with Gasteiger partial charge in [0, 0.05) is 11.6 Å². The fraction of sp³-hybridized carbons (Fsp3) is 0.471. The van der Waals surface area contributed by atoms with Crippen LogP contribution in [0.25, 0.3) is 0 Å². The van der Waals surface area contributed by atoms with Crippen LogP contribution in [-0.2, 0) is 16.0 Å². The van der Waals surface area contributed by atoms with Gasteiger partial charge in [-0.25, -0.2) is 23.7 Å². The molecule has 0 radical (unpaired) electrons. The Balaban J connectivity index is 1.83. The Hall–Kier alpha value is -2.56. The summed E-state index contributed by atoms with van der Waals surface area (Å²) >= 11 is 3.04. The maximum absolute atomic E-state index is 13.8. The summed E-state index contributed by atoms with van der Waals surface area (Å²) in [7, 11) is 0. The Kier molecular flexibility index (Phi) is 5.13. The van der Waals surface area contributed by atoms with Crippen molar-refractivity contribution in [2.45, 2.75) is 45.2 Å². The lowest BCUT2D eigenvalue weighted by Crippen LogP contribution is -2.53. The average Bonchev–Trinajstić information content (AvgIpc) is 2.95. The minimum Gasteiger partial charge on any atom is -0.466 e. The quantitative estimate of drug-likeness (QED) is 0.682. The highest BCUT2D eigenvalue weighted by Gasteiger charge is 2.47. The molecule has 0 aromatic heterocycles. The van der Waals surface area contributed by atoms with E-state index in [2.05, 4.69) is 15.9 Å². The normalized spacial score (nSPS) is 21.7. The lowest BCUT2D eigenvalue weighted by Gasteiger charge is -2.37. The molecule has 1 N–H and O–H groups in total. The first-order valence-electron chi connectivity index (χ1n) is 8.31. The molecule has 28 heavy (non-hydrogen) atoms. The SMILES string of the molecule is CC(C)(C)OC(=O)N1C[C@@H]([C@@H]2Oc3cc(F)c(Br)cc3CN2C(=O)O)OC1=O. The summed E-state index contributed by atoms with van der Waals surface area (Å²) in [5, 5.41) is 9.53. The van der Waals surface area contributed by atoms with Crippen molar-refractivity contribution in [1.29, 1.82) is 0 Å². The summed E-state index contributed by atoms with van der Waals surface area (Å²) in [4.78, 5) is 37.6. The predicted molar refractivity (Wildman–Crippen MR) is 95.3 cm³/mol. The molecule has 1 fully saturated rings. The minimum atomic E-state index is -1.32. The molecule has 0 unspecified atom stereocenters. The van der Waals surface area contributed by atoms with Crippen LogP contribution >= 0.6 is 15.9 Å². The van der Waals surface area contributed by atoms with Gasteiger partial charge in [-0.3, -0.25) is 4.90 Å².